The van der Waals surface area contributed by atoms with Crippen LogP contribution in [0.15, 0.2) is 17.5 Å². The summed E-state index contributed by atoms with van der Waals surface area (Å²) in [5, 5.41) is 2.62. The van der Waals surface area contributed by atoms with Crippen LogP contribution in [0.5, 0.6) is 0 Å². The maximum Gasteiger partial charge on any atom is 0.137 e. The van der Waals surface area contributed by atoms with Crippen molar-refractivity contribution in [1.82, 2.24) is 9.97 Å². The molecule has 2 heterocycles. The SMILES string of the molecule is Cc1nc(Cl)c(C)c(N(C)C(C)c2cccs2)n1. The summed E-state index contributed by atoms with van der Waals surface area (Å²) in [5.41, 5.74) is 0.924. The maximum atomic E-state index is 6.12. The van der Waals surface area contributed by atoms with E-state index < -0.39 is 0 Å². The first-order valence-corrected chi connectivity index (χ1v) is 7.03. The lowest BCUT2D eigenvalue weighted by Gasteiger charge is -2.27. The minimum Gasteiger partial charge on any atom is -0.352 e. The number of nitrogens with zero attached hydrogens (tertiary/aromatic N) is 3. The van der Waals surface area contributed by atoms with Gasteiger partial charge in [0.25, 0.3) is 0 Å². The Hall–Kier alpha value is -1.13. The highest BCUT2D eigenvalue weighted by Crippen LogP contribution is 2.30. The van der Waals surface area contributed by atoms with E-state index in [9.17, 15) is 0 Å². The van der Waals surface area contributed by atoms with E-state index in [0.717, 1.165) is 11.4 Å². The van der Waals surface area contributed by atoms with Crippen molar-refractivity contribution in [2.75, 3.05) is 11.9 Å². The number of hydrogen-bond donors (Lipinski definition) is 0. The van der Waals surface area contributed by atoms with E-state index in [1.54, 1.807) is 11.3 Å². The third-order valence-electron chi connectivity index (χ3n) is 3.04. The molecule has 3 nitrogen and oxygen atoms in total. The predicted octanol–water partition coefficient (Wildman–Crippen LogP) is 4.01. The molecule has 0 N–H and O–H groups in total. The number of anilines is 1. The van der Waals surface area contributed by atoms with Crippen molar-refractivity contribution in [3.8, 4) is 0 Å². The molecule has 0 fully saturated rings. The van der Waals surface area contributed by atoms with Gasteiger partial charge in [0, 0.05) is 17.5 Å². The van der Waals surface area contributed by atoms with Gasteiger partial charge in [0.2, 0.25) is 0 Å². The van der Waals surface area contributed by atoms with Gasteiger partial charge in [-0.3, -0.25) is 0 Å². The minimum atomic E-state index is 0.272. The Labute approximate surface area is 116 Å². The number of aromatic nitrogens is 2. The lowest BCUT2D eigenvalue weighted by atomic mass is 10.2. The molecule has 0 aromatic carbocycles. The molecule has 0 amide bonds. The van der Waals surface area contributed by atoms with Crippen LogP contribution in [0, 0.1) is 13.8 Å². The highest BCUT2D eigenvalue weighted by atomic mass is 35.5. The second kappa shape index (κ2) is 5.24. The molecule has 0 radical (unpaired) electrons. The Balaban J connectivity index is 2.37. The topological polar surface area (TPSA) is 29.0 Å². The maximum absolute atomic E-state index is 6.12. The van der Waals surface area contributed by atoms with Crippen LogP contribution in [0.4, 0.5) is 5.82 Å². The Morgan fingerprint density at radius 3 is 2.67 bits per heavy atom. The van der Waals surface area contributed by atoms with Crippen LogP contribution in [0.25, 0.3) is 0 Å². The lowest BCUT2D eigenvalue weighted by Crippen LogP contribution is -2.23. The molecule has 0 saturated carbocycles. The van der Waals surface area contributed by atoms with Crippen molar-refractivity contribution >= 4 is 28.8 Å². The van der Waals surface area contributed by atoms with E-state index in [1.165, 1.54) is 4.88 Å². The summed E-state index contributed by atoms with van der Waals surface area (Å²) >= 11 is 7.87. The molecule has 0 bridgehead atoms. The van der Waals surface area contributed by atoms with Crippen LogP contribution in [0.2, 0.25) is 5.15 Å². The van der Waals surface area contributed by atoms with Gasteiger partial charge in [-0.05, 0) is 32.2 Å². The van der Waals surface area contributed by atoms with E-state index in [4.69, 9.17) is 11.6 Å². The van der Waals surface area contributed by atoms with Gasteiger partial charge >= 0.3 is 0 Å². The van der Waals surface area contributed by atoms with Crippen molar-refractivity contribution in [1.29, 1.82) is 0 Å². The highest BCUT2D eigenvalue weighted by Gasteiger charge is 2.18. The molecule has 2 aromatic heterocycles. The fourth-order valence-corrected chi connectivity index (χ4v) is 2.86. The molecule has 18 heavy (non-hydrogen) atoms. The molecule has 0 saturated heterocycles. The van der Waals surface area contributed by atoms with Gasteiger partial charge in [-0.2, -0.15) is 0 Å². The molecule has 5 heteroatoms. The van der Waals surface area contributed by atoms with Crippen LogP contribution >= 0.6 is 22.9 Å². The standard InChI is InChI=1S/C13H16ClN3S/c1-8-12(14)15-10(3)16-13(8)17(4)9(2)11-6-5-7-18-11/h5-7,9H,1-4H3. The first kappa shape index (κ1) is 13.3. The van der Waals surface area contributed by atoms with Crippen molar-refractivity contribution in [2.24, 2.45) is 0 Å². The zero-order valence-electron chi connectivity index (χ0n) is 10.9. The van der Waals surface area contributed by atoms with E-state index in [-0.39, 0.29) is 6.04 Å². The van der Waals surface area contributed by atoms with E-state index in [2.05, 4.69) is 39.3 Å². The first-order valence-electron chi connectivity index (χ1n) is 5.77. The minimum absolute atomic E-state index is 0.272. The summed E-state index contributed by atoms with van der Waals surface area (Å²) in [7, 11) is 2.04. The predicted molar refractivity (Wildman–Crippen MR) is 77.7 cm³/mol. The zero-order valence-corrected chi connectivity index (χ0v) is 12.5. The van der Waals surface area contributed by atoms with Crippen molar-refractivity contribution in [3.05, 3.63) is 38.9 Å². The van der Waals surface area contributed by atoms with Gasteiger partial charge in [0.1, 0.15) is 16.8 Å². The second-order valence-electron chi connectivity index (χ2n) is 4.31. The fraction of sp³-hybridized carbons (Fsp3) is 0.385. The molecule has 2 aromatic rings. The number of halogens is 1. The Kier molecular flexibility index (Phi) is 3.88. The van der Waals surface area contributed by atoms with Crippen LogP contribution < -0.4 is 4.90 Å². The normalized spacial score (nSPS) is 12.5. The molecule has 1 atom stereocenters. The van der Waals surface area contributed by atoms with Gasteiger partial charge in [0.15, 0.2) is 0 Å². The van der Waals surface area contributed by atoms with Gasteiger partial charge in [-0.1, -0.05) is 17.7 Å². The average Bonchev–Trinajstić information content (AvgIpc) is 2.85. The molecular weight excluding hydrogens is 266 g/mol. The Morgan fingerprint density at radius 1 is 1.33 bits per heavy atom. The van der Waals surface area contributed by atoms with Crippen LogP contribution in [0.1, 0.15) is 29.2 Å². The summed E-state index contributed by atoms with van der Waals surface area (Å²) in [6.07, 6.45) is 0. The molecule has 2 rings (SSSR count). The summed E-state index contributed by atoms with van der Waals surface area (Å²) in [5.74, 6) is 1.60. The zero-order chi connectivity index (χ0) is 13.3. The van der Waals surface area contributed by atoms with Gasteiger partial charge in [-0.25, -0.2) is 9.97 Å². The quantitative estimate of drug-likeness (QED) is 0.796. The summed E-state index contributed by atoms with van der Waals surface area (Å²) < 4.78 is 0. The van der Waals surface area contributed by atoms with Gasteiger partial charge in [-0.15, -0.1) is 11.3 Å². The summed E-state index contributed by atoms with van der Waals surface area (Å²) in [6, 6.07) is 4.47. The average molecular weight is 282 g/mol. The number of hydrogen-bond acceptors (Lipinski definition) is 4. The van der Waals surface area contributed by atoms with E-state index in [1.807, 2.05) is 20.9 Å². The summed E-state index contributed by atoms with van der Waals surface area (Å²) in [6.45, 7) is 5.98. The van der Waals surface area contributed by atoms with Crippen molar-refractivity contribution in [3.63, 3.8) is 0 Å². The van der Waals surface area contributed by atoms with Gasteiger partial charge < -0.3 is 4.90 Å². The number of rotatable bonds is 3. The molecule has 0 aliphatic rings. The third kappa shape index (κ3) is 2.49. The number of aryl methyl sites for hydroxylation is 1. The van der Waals surface area contributed by atoms with Crippen molar-refractivity contribution in [2.45, 2.75) is 26.8 Å². The van der Waals surface area contributed by atoms with Crippen LogP contribution in [0.3, 0.4) is 0 Å². The molecule has 0 aliphatic heterocycles. The third-order valence-corrected chi connectivity index (χ3v) is 4.45. The number of thiophene rings is 1. The van der Waals surface area contributed by atoms with Crippen LogP contribution in [-0.2, 0) is 0 Å². The molecule has 1 unspecified atom stereocenters. The van der Waals surface area contributed by atoms with Gasteiger partial charge in [0.05, 0.1) is 6.04 Å². The molecule has 0 spiro atoms. The molecule has 96 valence electrons. The highest BCUT2D eigenvalue weighted by molar-refractivity contribution is 7.10. The Bertz CT molecular complexity index is 539. The monoisotopic (exact) mass is 281 g/mol. The smallest absolute Gasteiger partial charge is 0.137 e. The van der Waals surface area contributed by atoms with E-state index in [0.29, 0.717) is 11.0 Å². The Morgan fingerprint density at radius 2 is 2.06 bits per heavy atom. The molecule has 0 aliphatic carbocycles. The molecular formula is C13H16ClN3S. The largest absolute Gasteiger partial charge is 0.352 e. The van der Waals surface area contributed by atoms with Crippen molar-refractivity contribution < 1.29 is 0 Å². The summed E-state index contributed by atoms with van der Waals surface area (Å²) in [4.78, 5) is 12.1. The van der Waals surface area contributed by atoms with E-state index >= 15 is 0 Å². The second-order valence-corrected chi connectivity index (χ2v) is 5.65. The van der Waals surface area contributed by atoms with Crippen LogP contribution in [-0.4, -0.2) is 17.0 Å². The lowest BCUT2D eigenvalue weighted by molar-refractivity contribution is 0.733. The fourth-order valence-electron chi connectivity index (χ4n) is 1.83. The first-order chi connectivity index (χ1) is 8.50.